The van der Waals surface area contributed by atoms with Gasteiger partial charge in [-0.3, -0.25) is 0 Å². The first kappa shape index (κ1) is 10.6. The maximum atomic E-state index is 5.66. The first-order valence-corrected chi connectivity index (χ1v) is 6.58. The van der Waals surface area contributed by atoms with E-state index in [-0.39, 0.29) is 6.04 Å². The molecule has 0 radical (unpaired) electrons. The number of hydrogen-bond acceptors (Lipinski definition) is 3. The van der Waals surface area contributed by atoms with Crippen LogP contribution in [0.4, 0.5) is 0 Å². The van der Waals surface area contributed by atoms with E-state index < -0.39 is 0 Å². The first-order chi connectivity index (χ1) is 7.25. The molecule has 0 aliphatic heterocycles. The van der Waals surface area contributed by atoms with Crippen LogP contribution in [-0.4, -0.2) is 6.04 Å². The van der Waals surface area contributed by atoms with Crippen LogP contribution >= 0.6 is 22.7 Å². The molecule has 1 unspecified atom stereocenters. The van der Waals surface area contributed by atoms with Crippen molar-refractivity contribution < 1.29 is 0 Å². The summed E-state index contributed by atoms with van der Waals surface area (Å²) in [6, 6.07) is 6.55. The first-order valence-electron chi connectivity index (χ1n) is 4.82. The maximum absolute atomic E-state index is 5.66. The van der Waals surface area contributed by atoms with E-state index >= 15 is 0 Å². The molecule has 0 saturated carbocycles. The molecular formula is C12H13NS2. The van der Waals surface area contributed by atoms with Gasteiger partial charge in [0, 0.05) is 21.4 Å². The summed E-state index contributed by atoms with van der Waals surface area (Å²) in [5.41, 5.74) is 6.97. The summed E-state index contributed by atoms with van der Waals surface area (Å²) in [5.74, 6) is 0. The summed E-state index contributed by atoms with van der Waals surface area (Å²) in [7, 11) is 0. The van der Waals surface area contributed by atoms with E-state index in [0.717, 1.165) is 0 Å². The minimum absolute atomic E-state index is 0.122. The molecule has 0 aromatic carbocycles. The molecule has 2 aromatic heterocycles. The minimum atomic E-state index is 0.122. The molecule has 1 atom stereocenters. The Morgan fingerprint density at radius 3 is 2.93 bits per heavy atom. The molecule has 0 amide bonds. The van der Waals surface area contributed by atoms with Crippen molar-refractivity contribution in [2.45, 2.75) is 13.0 Å². The second kappa shape index (κ2) is 4.75. The van der Waals surface area contributed by atoms with Crippen molar-refractivity contribution >= 4 is 28.7 Å². The van der Waals surface area contributed by atoms with Crippen molar-refractivity contribution in [3.63, 3.8) is 0 Å². The lowest BCUT2D eigenvalue weighted by molar-refractivity contribution is 0.931. The quantitative estimate of drug-likeness (QED) is 0.859. The molecule has 0 fully saturated rings. The van der Waals surface area contributed by atoms with Gasteiger partial charge in [0.1, 0.15) is 0 Å². The molecule has 2 aromatic rings. The van der Waals surface area contributed by atoms with Gasteiger partial charge in [-0.2, -0.15) is 0 Å². The van der Waals surface area contributed by atoms with Gasteiger partial charge in [0.15, 0.2) is 0 Å². The Morgan fingerprint density at radius 1 is 1.40 bits per heavy atom. The van der Waals surface area contributed by atoms with Gasteiger partial charge in [0.25, 0.3) is 0 Å². The van der Waals surface area contributed by atoms with E-state index in [1.165, 1.54) is 15.3 Å². The Balaban J connectivity index is 2.18. The summed E-state index contributed by atoms with van der Waals surface area (Å²) >= 11 is 3.53. The van der Waals surface area contributed by atoms with E-state index in [4.69, 9.17) is 5.73 Å². The van der Waals surface area contributed by atoms with Gasteiger partial charge in [-0.25, -0.2) is 0 Å². The van der Waals surface area contributed by atoms with Gasteiger partial charge in [0.05, 0.1) is 0 Å². The molecule has 0 bridgehead atoms. The average Bonchev–Trinajstić information content (AvgIpc) is 2.85. The summed E-state index contributed by atoms with van der Waals surface area (Å²) in [6.07, 6.45) is 4.11. The normalized spacial score (nSPS) is 13.5. The molecular weight excluding hydrogens is 222 g/mol. The smallest absolute Gasteiger partial charge is 0.0351 e. The maximum Gasteiger partial charge on any atom is 0.0351 e. The number of thiophene rings is 2. The third-order valence-electron chi connectivity index (χ3n) is 1.99. The molecule has 2 rings (SSSR count). The Kier molecular flexibility index (Phi) is 3.36. The highest BCUT2D eigenvalue weighted by Gasteiger charge is 2.01. The van der Waals surface area contributed by atoms with E-state index in [1.807, 2.05) is 13.0 Å². The molecule has 15 heavy (non-hydrogen) atoms. The summed E-state index contributed by atoms with van der Waals surface area (Å²) in [4.78, 5) is 2.59. The van der Waals surface area contributed by atoms with Crippen LogP contribution in [-0.2, 0) is 0 Å². The predicted octanol–water partition coefficient (Wildman–Crippen LogP) is 3.84. The molecule has 0 aliphatic rings. The Hall–Kier alpha value is -0.900. The van der Waals surface area contributed by atoms with Gasteiger partial charge in [-0.15, -0.1) is 22.7 Å². The predicted molar refractivity (Wildman–Crippen MR) is 70.3 cm³/mol. The van der Waals surface area contributed by atoms with Crippen molar-refractivity contribution in [3.05, 3.63) is 39.9 Å². The Morgan fingerprint density at radius 2 is 2.27 bits per heavy atom. The van der Waals surface area contributed by atoms with Crippen LogP contribution in [0.15, 0.2) is 35.0 Å². The van der Waals surface area contributed by atoms with Crippen LogP contribution < -0.4 is 5.73 Å². The van der Waals surface area contributed by atoms with Crippen LogP contribution in [0.25, 0.3) is 16.5 Å². The fourth-order valence-corrected chi connectivity index (χ4v) is 2.86. The summed E-state index contributed by atoms with van der Waals surface area (Å²) in [6.45, 7) is 1.98. The zero-order chi connectivity index (χ0) is 10.7. The summed E-state index contributed by atoms with van der Waals surface area (Å²) in [5, 5.41) is 4.29. The molecule has 1 nitrogen and oxygen atoms in total. The van der Waals surface area contributed by atoms with Crippen LogP contribution in [0.2, 0.25) is 0 Å². The topological polar surface area (TPSA) is 26.0 Å². The van der Waals surface area contributed by atoms with E-state index in [1.54, 1.807) is 22.7 Å². The molecule has 3 heteroatoms. The van der Waals surface area contributed by atoms with E-state index in [0.29, 0.717) is 0 Å². The average molecular weight is 235 g/mol. The zero-order valence-electron chi connectivity index (χ0n) is 8.51. The number of rotatable bonds is 3. The lowest BCUT2D eigenvalue weighted by atomic mass is 10.2. The van der Waals surface area contributed by atoms with Gasteiger partial charge in [0.2, 0.25) is 0 Å². The molecule has 0 aliphatic carbocycles. The van der Waals surface area contributed by atoms with Crippen LogP contribution in [0.3, 0.4) is 0 Å². The third kappa shape index (κ3) is 2.78. The Bertz CT molecular complexity index is 438. The van der Waals surface area contributed by atoms with Crippen LogP contribution in [0.5, 0.6) is 0 Å². The minimum Gasteiger partial charge on any atom is -0.325 e. The van der Waals surface area contributed by atoms with Gasteiger partial charge in [-0.1, -0.05) is 12.1 Å². The second-order valence-corrected chi connectivity index (χ2v) is 5.32. The van der Waals surface area contributed by atoms with Crippen LogP contribution in [0, 0.1) is 0 Å². The van der Waals surface area contributed by atoms with Gasteiger partial charge < -0.3 is 5.73 Å². The van der Waals surface area contributed by atoms with E-state index in [2.05, 4.69) is 35.0 Å². The standard InChI is InChI=1S/C12H13NS2/c1-9(13)4-5-11-7-10(8-15-11)12-3-2-6-14-12/h2-9H,13H2,1H3/b5-4+. The summed E-state index contributed by atoms with van der Waals surface area (Å²) < 4.78 is 0. The highest BCUT2D eigenvalue weighted by Crippen LogP contribution is 2.29. The van der Waals surface area contributed by atoms with Gasteiger partial charge in [-0.05, 0) is 35.9 Å². The zero-order valence-corrected chi connectivity index (χ0v) is 10.1. The molecule has 2 heterocycles. The highest BCUT2D eigenvalue weighted by molar-refractivity contribution is 7.15. The van der Waals surface area contributed by atoms with E-state index in [9.17, 15) is 0 Å². The lowest BCUT2D eigenvalue weighted by Crippen LogP contribution is -2.09. The van der Waals surface area contributed by atoms with Crippen molar-refractivity contribution in [3.8, 4) is 10.4 Å². The van der Waals surface area contributed by atoms with Crippen molar-refractivity contribution in [2.24, 2.45) is 5.73 Å². The number of hydrogen-bond donors (Lipinski definition) is 1. The fourth-order valence-electron chi connectivity index (χ4n) is 1.26. The highest BCUT2D eigenvalue weighted by atomic mass is 32.1. The van der Waals surface area contributed by atoms with Crippen LogP contribution in [0.1, 0.15) is 11.8 Å². The SMILES string of the molecule is CC(N)/C=C/c1cc(-c2cccs2)cs1. The molecule has 78 valence electrons. The van der Waals surface area contributed by atoms with Gasteiger partial charge >= 0.3 is 0 Å². The van der Waals surface area contributed by atoms with Crippen molar-refractivity contribution in [1.29, 1.82) is 0 Å². The monoisotopic (exact) mass is 235 g/mol. The fraction of sp³-hybridized carbons (Fsp3) is 0.167. The van der Waals surface area contributed by atoms with Crippen molar-refractivity contribution in [1.82, 2.24) is 0 Å². The second-order valence-electron chi connectivity index (χ2n) is 3.43. The largest absolute Gasteiger partial charge is 0.325 e. The third-order valence-corrected chi connectivity index (χ3v) is 3.81. The number of nitrogens with two attached hydrogens (primary N) is 1. The Labute approximate surface area is 97.9 Å². The lowest BCUT2D eigenvalue weighted by Gasteiger charge is -1.92. The molecule has 0 spiro atoms. The van der Waals surface area contributed by atoms with Crippen molar-refractivity contribution in [2.75, 3.05) is 0 Å². The molecule has 2 N–H and O–H groups in total. The molecule has 0 saturated heterocycles.